The number of para-hydroxylation sites is 1. The highest BCUT2D eigenvalue weighted by molar-refractivity contribution is 5.72. The van der Waals surface area contributed by atoms with Crippen molar-refractivity contribution < 1.29 is 27.4 Å². The molecule has 0 spiro atoms. The minimum Gasteiger partial charge on any atom is -0.459 e. The zero-order valence-electron chi connectivity index (χ0n) is 12.1. The molecule has 1 aromatic carbocycles. The van der Waals surface area contributed by atoms with Gasteiger partial charge < -0.3 is 14.8 Å². The van der Waals surface area contributed by atoms with Gasteiger partial charge in [-0.25, -0.2) is 0 Å². The minimum absolute atomic E-state index is 0.0610. The second kappa shape index (κ2) is 6.80. The largest absolute Gasteiger partial charge is 0.573 e. The predicted octanol–water partition coefficient (Wildman–Crippen LogP) is 3.02. The molecule has 0 aliphatic carbocycles. The summed E-state index contributed by atoms with van der Waals surface area (Å²) in [5.41, 5.74) is -0.297. The van der Waals surface area contributed by atoms with Gasteiger partial charge in [-0.1, -0.05) is 18.2 Å². The van der Waals surface area contributed by atoms with Gasteiger partial charge in [0.15, 0.2) is 0 Å². The number of hydrogen-bond acceptors (Lipinski definition) is 4. The maximum Gasteiger partial charge on any atom is 0.573 e. The number of ether oxygens (including phenoxy) is 2. The van der Waals surface area contributed by atoms with Crippen molar-refractivity contribution in [2.45, 2.75) is 39.3 Å². The smallest absolute Gasteiger partial charge is 0.459 e. The van der Waals surface area contributed by atoms with E-state index in [0.717, 1.165) is 0 Å². The fraction of sp³-hybridized carbons (Fsp3) is 0.500. The maximum atomic E-state index is 12.2. The van der Waals surface area contributed by atoms with E-state index in [9.17, 15) is 18.0 Å². The van der Waals surface area contributed by atoms with Crippen molar-refractivity contribution in [1.29, 1.82) is 0 Å². The van der Waals surface area contributed by atoms with Crippen LogP contribution in [0.2, 0.25) is 0 Å². The number of benzene rings is 1. The maximum absolute atomic E-state index is 12.2. The van der Waals surface area contributed by atoms with Gasteiger partial charge in [0, 0.05) is 12.1 Å². The van der Waals surface area contributed by atoms with Gasteiger partial charge >= 0.3 is 12.3 Å². The zero-order chi connectivity index (χ0) is 16.1. The molecule has 4 nitrogen and oxygen atoms in total. The van der Waals surface area contributed by atoms with Crippen molar-refractivity contribution in [2.75, 3.05) is 6.54 Å². The Hall–Kier alpha value is -1.76. The van der Waals surface area contributed by atoms with Gasteiger partial charge in [-0.3, -0.25) is 4.79 Å². The zero-order valence-corrected chi connectivity index (χ0v) is 12.1. The lowest BCUT2D eigenvalue weighted by Gasteiger charge is -2.19. The monoisotopic (exact) mass is 305 g/mol. The molecule has 1 aromatic rings. The van der Waals surface area contributed by atoms with Crippen molar-refractivity contribution in [3.8, 4) is 5.75 Å². The summed E-state index contributed by atoms with van der Waals surface area (Å²) < 4.78 is 45.7. The third-order valence-corrected chi connectivity index (χ3v) is 2.20. The van der Waals surface area contributed by atoms with Crippen molar-refractivity contribution in [2.24, 2.45) is 0 Å². The van der Waals surface area contributed by atoms with E-state index in [2.05, 4.69) is 10.1 Å². The molecular formula is C14H18F3NO3. The van der Waals surface area contributed by atoms with Gasteiger partial charge in [0.25, 0.3) is 0 Å². The van der Waals surface area contributed by atoms with Crippen molar-refractivity contribution in [3.05, 3.63) is 29.8 Å². The molecule has 7 heteroatoms. The first-order valence-electron chi connectivity index (χ1n) is 6.33. The summed E-state index contributed by atoms with van der Waals surface area (Å²) in [4.78, 5) is 11.5. The summed E-state index contributed by atoms with van der Waals surface area (Å²) in [6, 6.07) is 5.74. The molecule has 118 valence electrons. The summed E-state index contributed by atoms with van der Waals surface area (Å²) in [5.74, 6) is -0.765. The Balaban J connectivity index is 2.54. The fourth-order valence-electron chi connectivity index (χ4n) is 1.55. The van der Waals surface area contributed by atoms with Crippen LogP contribution in [0, 0.1) is 0 Å². The number of alkyl halides is 3. The van der Waals surface area contributed by atoms with Crippen LogP contribution in [0.1, 0.15) is 26.3 Å². The van der Waals surface area contributed by atoms with Crippen molar-refractivity contribution in [1.82, 2.24) is 5.32 Å². The summed E-state index contributed by atoms with van der Waals surface area (Å²) >= 11 is 0. The van der Waals surface area contributed by atoms with E-state index in [-0.39, 0.29) is 18.8 Å². The second-order valence-electron chi connectivity index (χ2n) is 5.35. The first-order valence-corrected chi connectivity index (χ1v) is 6.33. The predicted molar refractivity (Wildman–Crippen MR) is 70.7 cm³/mol. The Labute approximate surface area is 121 Å². The van der Waals surface area contributed by atoms with Gasteiger partial charge in [0.05, 0.1) is 6.54 Å². The van der Waals surface area contributed by atoms with Gasteiger partial charge in [-0.05, 0) is 26.8 Å². The van der Waals surface area contributed by atoms with Gasteiger partial charge in [-0.15, -0.1) is 13.2 Å². The molecule has 1 N–H and O–H groups in total. The highest BCUT2D eigenvalue weighted by Crippen LogP contribution is 2.25. The summed E-state index contributed by atoms with van der Waals surface area (Å²) in [7, 11) is 0. The van der Waals surface area contributed by atoms with Crippen LogP contribution < -0.4 is 10.1 Å². The third kappa shape index (κ3) is 7.55. The Morgan fingerprint density at radius 1 is 1.19 bits per heavy atom. The highest BCUT2D eigenvalue weighted by atomic mass is 19.4. The van der Waals surface area contributed by atoms with Crippen LogP contribution in [0.5, 0.6) is 5.75 Å². The molecule has 0 unspecified atom stereocenters. The molecule has 1 rings (SSSR count). The lowest BCUT2D eigenvalue weighted by molar-refractivity contribution is -0.274. The summed E-state index contributed by atoms with van der Waals surface area (Å²) in [6.07, 6.45) is -4.75. The molecular weight excluding hydrogens is 287 g/mol. The van der Waals surface area contributed by atoms with E-state index in [0.29, 0.717) is 5.56 Å². The molecule has 0 aliphatic heterocycles. The van der Waals surface area contributed by atoms with E-state index in [1.165, 1.54) is 18.2 Å². The Kier molecular flexibility index (Phi) is 5.60. The number of carbonyl (C=O) groups is 1. The first-order chi connectivity index (χ1) is 9.57. The topological polar surface area (TPSA) is 47.6 Å². The molecule has 0 bridgehead atoms. The number of esters is 1. The SMILES string of the molecule is CC(C)(C)OC(=O)CNCc1ccccc1OC(F)(F)F. The Bertz CT molecular complexity index is 481. The normalized spacial score (nSPS) is 12.1. The number of nitrogens with one attached hydrogen (secondary N) is 1. The van der Waals surface area contributed by atoms with Crippen LogP contribution in [0.3, 0.4) is 0 Å². The second-order valence-corrected chi connectivity index (χ2v) is 5.35. The van der Waals surface area contributed by atoms with Gasteiger partial charge in [0.1, 0.15) is 11.4 Å². The molecule has 0 radical (unpaired) electrons. The number of rotatable bonds is 5. The molecule has 0 saturated carbocycles. The van der Waals surface area contributed by atoms with Gasteiger partial charge in [-0.2, -0.15) is 0 Å². The molecule has 0 fully saturated rings. The molecule has 0 saturated heterocycles. The van der Waals surface area contributed by atoms with E-state index in [1.807, 2.05) is 0 Å². The lowest BCUT2D eigenvalue weighted by atomic mass is 10.2. The first kappa shape index (κ1) is 17.3. The number of hydrogen-bond donors (Lipinski definition) is 1. The van der Waals surface area contributed by atoms with E-state index in [4.69, 9.17) is 4.74 Å². The number of carbonyl (C=O) groups excluding carboxylic acids is 1. The van der Waals surface area contributed by atoms with Crippen LogP contribution in [0.25, 0.3) is 0 Å². The summed E-state index contributed by atoms with van der Waals surface area (Å²) in [5, 5.41) is 2.73. The van der Waals surface area contributed by atoms with Crippen LogP contribution in [-0.2, 0) is 16.1 Å². The summed E-state index contributed by atoms with van der Waals surface area (Å²) in [6.45, 7) is 5.16. The molecule has 0 atom stereocenters. The van der Waals surface area contributed by atoms with Gasteiger partial charge in [0.2, 0.25) is 0 Å². The molecule has 0 amide bonds. The molecule has 0 heterocycles. The van der Waals surface area contributed by atoms with E-state index >= 15 is 0 Å². The van der Waals surface area contributed by atoms with Crippen molar-refractivity contribution >= 4 is 5.97 Å². The molecule has 0 aliphatic rings. The quantitative estimate of drug-likeness (QED) is 0.850. The van der Waals surface area contributed by atoms with Crippen LogP contribution in [0.4, 0.5) is 13.2 Å². The van der Waals surface area contributed by atoms with E-state index in [1.54, 1.807) is 26.8 Å². The average Bonchev–Trinajstić information content (AvgIpc) is 2.27. The minimum atomic E-state index is -4.75. The average molecular weight is 305 g/mol. The van der Waals surface area contributed by atoms with E-state index < -0.39 is 17.9 Å². The molecule has 0 aromatic heterocycles. The van der Waals surface area contributed by atoms with Crippen LogP contribution in [-0.4, -0.2) is 24.5 Å². The van der Waals surface area contributed by atoms with Crippen LogP contribution >= 0.6 is 0 Å². The fourth-order valence-corrected chi connectivity index (χ4v) is 1.55. The van der Waals surface area contributed by atoms with Crippen LogP contribution in [0.15, 0.2) is 24.3 Å². The Morgan fingerprint density at radius 3 is 2.38 bits per heavy atom. The standard InChI is InChI=1S/C14H18F3NO3/c1-13(2,3)21-12(19)9-18-8-10-6-4-5-7-11(10)20-14(15,16)17/h4-7,18H,8-9H2,1-3H3. The highest BCUT2D eigenvalue weighted by Gasteiger charge is 2.31. The third-order valence-electron chi connectivity index (χ3n) is 2.20. The Morgan fingerprint density at radius 2 is 1.81 bits per heavy atom. The molecule has 21 heavy (non-hydrogen) atoms. The number of halogens is 3. The van der Waals surface area contributed by atoms with Crippen molar-refractivity contribution in [3.63, 3.8) is 0 Å². The lowest BCUT2D eigenvalue weighted by Crippen LogP contribution is -2.31.